The van der Waals surface area contributed by atoms with Gasteiger partial charge >= 0.3 is 0 Å². The topological polar surface area (TPSA) is 24.5 Å². The summed E-state index contributed by atoms with van der Waals surface area (Å²) in [5.41, 5.74) is 2.58. The number of nitrogens with zero attached hydrogens (tertiary/aromatic N) is 1. The third-order valence-corrected chi connectivity index (χ3v) is 6.37. The van der Waals surface area contributed by atoms with Crippen molar-refractivity contribution < 1.29 is 4.74 Å². The maximum atomic E-state index is 5.64. The molecule has 0 bridgehead atoms. The van der Waals surface area contributed by atoms with Crippen molar-refractivity contribution in [2.24, 2.45) is 0 Å². The highest BCUT2D eigenvalue weighted by Gasteiger charge is 2.48. The van der Waals surface area contributed by atoms with Crippen molar-refractivity contribution in [3.63, 3.8) is 0 Å². The molecule has 0 amide bonds. The van der Waals surface area contributed by atoms with Gasteiger partial charge in [0.1, 0.15) is 5.66 Å². The molecular weight excluding hydrogens is 316 g/mol. The van der Waals surface area contributed by atoms with Crippen LogP contribution >= 0.6 is 11.8 Å². The summed E-state index contributed by atoms with van der Waals surface area (Å²) in [6.07, 6.45) is 0. The van der Waals surface area contributed by atoms with Crippen molar-refractivity contribution in [1.82, 2.24) is 10.2 Å². The lowest BCUT2D eigenvalue weighted by atomic mass is 9.88. The standard InChI is InChI=1S/C20H24N2OS/c1-3-7-17(8-4-1)19-20(21-11-16-24-19,18-9-5-2-6-10-18)22-12-14-23-15-13-22/h1-10,19,21H,11-16H2. The minimum atomic E-state index is -0.171. The summed E-state index contributed by atoms with van der Waals surface area (Å²) in [5.74, 6) is 1.14. The van der Waals surface area contributed by atoms with Crippen molar-refractivity contribution >= 4 is 11.8 Å². The summed E-state index contributed by atoms with van der Waals surface area (Å²) in [6, 6.07) is 21.9. The highest BCUT2D eigenvalue weighted by atomic mass is 32.2. The van der Waals surface area contributed by atoms with E-state index in [9.17, 15) is 0 Å². The Labute approximate surface area is 148 Å². The van der Waals surface area contributed by atoms with Crippen LogP contribution in [0.2, 0.25) is 0 Å². The molecule has 2 aliphatic heterocycles. The predicted octanol–water partition coefficient (Wildman–Crippen LogP) is 3.25. The van der Waals surface area contributed by atoms with E-state index in [2.05, 4.69) is 82.6 Å². The van der Waals surface area contributed by atoms with E-state index in [1.807, 2.05) is 0 Å². The highest BCUT2D eigenvalue weighted by Crippen LogP contribution is 2.49. The van der Waals surface area contributed by atoms with Crippen LogP contribution in [0, 0.1) is 0 Å². The lowest BCUT2D eigenvalue weighted by Gasteiger charge is -2.53. The van der Waals surface area contributed by atoms with Gasteiger partial charge in [-0.2, -0.15) is 0 Å². The molecule has 4 rings (SSSR count). The quantitative estimate of drug-likeness (QED) is 0.927. The molecule has 3 nitrogen and oxygen atoms in total. The molecule has 2 saturated heterocycles. The number of thioether (sulfide) groups is 1. The highest BCUT2D eigenvalue weighted by molar-refractivity contribution is 7.99. The number of ether oxygens (including phenoxy) is 1. The number of hydrogen-bond donors (Lipinski definition) is 1. The van der Waals surface area contributed by atoms with Crippen LogP contribution in [0.15, 0.2) is 60.7 Å². The smallest absolute Gasteiger partial charge is 0.114 e. The minimum absolute atomic E-state index is 0.171. The van der Waals surface area contributed by atoms with Crippen LogP contribution in [-0.4, -0.2) is 43.5 Å². The number of rotatable bonds is 3. The molecule has 4 heteroatoms. The molecular formula is C20H24N2OS. The molecule has 0 aliphatic carbocycles. The van der Waals surface area contributed by atoms with Crippen LogP contribution < -0.4 is 5.32 Å². The first-order valence-electron chi connectivity index (χ1n) is 8.71. The molecule has 0 radical (unpaired) electrons. The summed E-state index contributed by atoms with van der Waals surface area (Å²) in [7, 11) is 0. The van der Waals surface area contributed by atoms with Crippen LogP contribution in [0.5, 0.6) is 0 Å². The second-order valence-corrected chi connectivity index (χ2v) is 7.53. The van der Waals surface area contributed by atoms with E-state index >= 15 is 0 Å². The summed E-state index contributed by atoms with van der Waals surface area (Å²) >= 11 is 2.07. The monoisotopic (exact) mass is 340 g/mol. The zero-order valence-electron chi connectivity index (χ0n) is 13.9. The first-order valence-corrected chi connectivity index (χ1v) is 9.76. The van der Waals surface area contributed by atoms with Gasteiger partial charge in [-0.15, -0.1) is 11.8 Å². The maximum Gasteiger partial charge on any atom is 0.114 e. The molecule has 0 aromatic heterocycles. The van der Waals surface area contributed by atoms with Gasteiger partial charge in [-0.05, 0) is 11.1 Å². The van der Waals surface area contributed by atoms with E-state index in [0.717, 1.165) is 38.6 Å². The Morgan fingerprint density at radius 1 is 0.958 bits per heavy atom. The van der Waals surface area contributed by atoms with Gasteiger partial charge in [-0.25, -0.2) is 0 Å². The van der Waals surface area contributed by atoms with Crippen molar-refractivity contribution in [3.8, 4) is 0 Å². The zero-order valence-corrected chi connectivity index (χ0v) is 14.7. The van der Waals surface area contributed by atoms with Gasteiger partial charge in [0.05, 0.1) is 18.5 Å². The Kier molecular flexibility index (Phi) is 4.90. The number of benzene rings is 2. The van der Waals surface area contributed by atoms with Crippen molar-refractivity contribution in [2.75, 3.05) is 38.6 Å². The number of nitrogens with one attached hydrogen (secondary N) is 1. The molecule has 2 heterocycles. The molecule has 2 aromatic rings. The molecule has 2 aromatic carbocycles. The molecule has 2 aliphatic rings. The van der Waals surface area contributed by atoms with Gasteiger partial charge in [0, 0.05) is 25.4 Å². The van der Waals surface area contributed by atoms with Gasteiger partial charge in [0.25, 0.3) is 0 Å². The molecule has 0 spiro atoms. The minimum Gasteiger partial charge on any atom is -0.379 e. The number of hydrogen-bond acceptors (Lipinski definition) is 4. The predicted molar refractivity (Wildman–Crippen MR) is 100 cm³/mol. The summed E-state index contributed by atoms with van der Waals surface area (Å²) in [5, 5.41) is 4.29. The summed E-state index contributed by atoms with van der Waals surface area (Å²) in [6.45, 7) is 4.57. The van der Waals surface area contributed by atoms with Crippen molar-refractivity contribution in [3.05, 3.63) is 71.8 Å². The van der Waals surface area contributed by atoms with Gasteiger partial charge < -0.3 is 4.74 Å². The van der Waals surface area contributed by atoms with Gasteiger partial charge in [-0.1, -0.05) is 60.7 Å². The van der Waals surface area contributed by atoms with Gasteiger partial charge in [-0.3, -0.25) is 10.2 Å². The average Bonchev–Trinajstić information content (AvgIpc) is 2.70. The first kappa shape index (κ1) is 16.2. The van der Waals surface area contributed by atoms with E-state index in [-0.39, 0.29) is 5.66 Å². The van der Waals surface area contributed by atoms with Crippen LogP contribution in [-0.2, 0) is 10.4 Å². The van der Waals surface area contributed by atoms with E-state index < -0.39 is 0 Å². The van der Waals surface area contributed by atoms with Crippen LogP contribution in [0.1, 0.15) is 16.4 Å². The molecule has 2 fully saturated rings. The summed E-state index contributed by atoms with van der Waals surface area (Å²) in [4.78, 5) is 2.59. The largest absolute Gasteiger partial charge is 0.379 e. The van der Waals surface area contributed by atoms with Crippen LogP contribution in [0.3, 0.4) is 0 Å². The second kappa shape index (κ2) is 7.28. The zero-order chi connectivity index (χ0) is 16.2. The van der Waals surface area contributed by atoms with E-state index in [0.29, 0.717) is 5.25 Å². The van der Waals surface area contributed by atoms with Crippen LogP contribution in [0.25, 0.3) is 0 Å². The fraction of sp³-hybridized carbons (Fsp3) is 0.400. The Balaban J connectivity index is 1.83. The van der Waals surface area contributed by atoms with Crippen molar-refractivity contribution in [2.45, 2.75) is 10.9 Å². The van der Waals surface area contributed by atoms with Crippen LogP contribution in [0.4, 0.5) is 0 Å². The van der Waals surface area contributed by atoms with Gasteiger partial charge in [0.15, 0.2) is 0 Å². The fourth-order valence-corrected chi connectivity index (χ4v) is 5.33. The number of morpholine rings is 1. The third-order valence-electron chi connectivity index (χ3n) is 4.99. The molecule has 0 saturated carbocycles. The van der Waals surface area contributed by atoms with E-state index in [4.69, 9.17) is 4.74 Å². The first-order chi connectivity index (χ1) is 11.9. The lowest BCUT2D eigenvalue weighted by molar-refractivity contribution is -0.0426. The molecule has 1 N–H and O–H groups in total. The Morgan fingerprint density at radius 2 is 1.62 bits per heavy atom. The Hall–Kier alpha value is -1.33. The maximum absolute atomic E-state index is 5.64. The molecule has 126 valence electrons. The average molecular weight is 340 g/mol. The normalized spacial score (nSPS) is 28.6. The molecule has 2 atom stereocenters. The third kappa shape index (κ3) is 2.88. The lowest BCUT2D eigenvalue weighted by Crippen LogP contribution is -2.63. The van der Waals surface area contributed by atoms with E-state index in [1.54, 1.807) is 0 Å². The SMILES string of the molecule is c1ccc(C2SCCNC2(c2ccccc2)N2CCOCC2)cc1. The molecule has 2 unspecified atom stereocenters. The van der Waals surface area contributed by atoms with Gasteiger partial charge in [0.2, 0.25) is 0 Å². The fourth-order valence-electron chi connectivity index (χ4n) is 3.92. The van der Waals surface area contributed by atoms with Crippen molar-refractivity contribution in [1.29, 1.82) is 0 Å². The second-order valence-electron chi connectivity index (χ2n) is 6.32. The Morgan fingerprint density at radius 3 is 2.33 bits per heavy atom. The summed E-state index contributed by atoms with van der Waals surface area (Å²) < 4.78 is 5.64. The Bertz CT molecular complexity index is 645. The van der Waals surface area contributed by atoms with E-state index in [1.165, 1.54) is 11.1 Å². The molecule has 24 heavy (non-hydrogen) atoms.